The lowest BCUT2D eigenvalue weighted by atomic mass is 10.1. The Hall–Kier alpha value is -2.90. The number of phenolic OH excluding ortho intramolecular Hbond substituents is 1. The summed E-state index contributed by atoms with van der Waals surface area (Å²) in [5.74, 6) is -1.65. The minimum absolute atomic E-state index is 0.0820. The summed E-state index contributed by atoms with van der Waals surface area (Å²) in [7, 11) is 0. The second-order valence-electron chi connectivity index (χ2n) is 4.45. The Morgan fingerprint density at radius 1 is 1.38 bits per heavy atom. The standard InChI is InChI=1S/C13H14N4O4/c1-8-2-3-9(11(18)6-8)12(19)14-4-5-17-7-10(13(20)21)15-16-17/h2-3,6-7,18H,4-5H2,1H3,(H,14,19)(H,20,21). The molecular formula is C13H14N4O4. The third-order valence-electron chi connectivity index (χ3n) is 2.78. The number of carboxylic acid groups (broad SMARTS) is 1. The van der Waals surface area contributed by atoms with E-state index in [9.17, 15) is 14.7 Å². The topological polar surface area (TPSA) is 117 Å². The molecule has 0 aliphatic carbocycles. The molecule has 8 nitrogen and oxygen atoms in total. The van der Waals surface area contributed by atoms with Crippen molar-refractivity contribution >= 4 is 11.9 Å². The van der Waals surface area contributed by atoms with Crippen LogP contribution in [0.15, 0.2) is 24.4 Å². The van der Waals surface area contributed by atoms with Gasteiger partial charge in [0.25, 0.3) is 5.91 Å². The van der Waals surface area contributed by atoms with Crippen molar-refractivity contribution < 1.29 is 19.8 Å². The SMILES string of the molecule is Cc1ccc(C(=O)NCCn2cc(C(=O)O)nn2)c(O)c1. The van der Waals surface area contributed by atoms with Gasteiger partial charge in [-0.15, -0.1) is 5.10 Å². The van der Waals surface area contributed by atoms with Crippen LogP contribution in [-0.2, 0) is 6.54 Å². The minimum atomic E-state index is -1.16. The summed E-state index contributed by atoms with van der Waals surface area (Å²) in [5.41, 5.74) is 0.885. The second-order valence-corrected chi connectivity index (χ2v) is 4.45. The van der Waals surface area contributed by atoms with Crippen molar-refractivity contribution in [1.82, 2.24) is 20.3 Å². The molecule has 1 heterocycles. The number of aromatic carboxylic acids is 1. The fourth-order valence-corrected chi connectivity index (χ4v) is 1.72. The highest BCUT2D eigenvalue weighted by molar-refractivity contribution is 5.96. The first-order valence-electron chi connectivity index (χ1n) is 6.18. The smallest absolute Gasteiger partial charge is 0.358 e. The Balaban J connectivity index is 1.90. The molecular weight excluding hydrogens is 276 g/mol. The normalized spacial score (nSPS) is 10.3. The molecule has 110 valence electrons. The summed E-state index contributed by atoms with van der Waals surface area (Å²) in [5, 5.41) is 28.1. The number of aryl methyl sites for hydroxylation is 1. The first kappa shape index (κ1) is 14.5. The quantitative estimate of drug-likeness (QED) is 0.734. The van der Waals surface area contributed by atoms with Gasteiger partial charge in [-0.05, 0) is 24.6 Å². The van der Waals surface area contributed by atoms with Gasteiger partial charge in [0.2, 0.25) is 0 Å². The van der Waals surface area contributed by atoms with Crippen LogP contribution >= 0.6 is 0 Å². The van der Waals surface area contributed by atoms with Crippen molar-refractivity contribution in [3.05, 3.63) is 41.2 Å². The third-order valence-corrected chi connectivity index (χ3v) is 2.78. The molecule has 1 aromatic carbocycles. The number of aromatic hydroxyl groups is 1. The van der Waals surface area contributed by atoms with Crippen LogP contribution in [0.3, 0.4) is 0 Å². The van der Waals surface area contributed by atoms with Crippen molar-refractivity contribution in [2.45, 2.75) is 13.5 Å². The highest BCUT2D eigenvalue weighted by Crippen LogP contribution is 2.17. The zero-order valence-electron chi connectivity index (χ0n) is 11.3. The van der Waals surface area contributed by atoms with Crippen molar-refractivity contribution in [2.75, 3.05) is 6.54 Å². The van der Waals surface area contributed by atoms with Gasteiger partial charge in [-0.1, -0.05) is 11.3 Å². The number of carboxylic acids is 1. The van der Waals surface area contributed by atoms with Crippen molar-refractivity contribution in [2.24, 2.45) is 0 Å². The molecule has 0 unspecified atom stereocenters. The number of benzene rings is 1. The van der Waals surface area contributed by atoms with Gasteiger partial charge in [-0.2, -0.15) is 0 Å². The Labute approximate surface area is 120 Å². The molecule has 0 aliphatic heterocycles. The third kappa shape index (κ3) is 3.56. The predicted octanol–water partition coefficient (Wildman–Crippen LogP) is 0.420. The van der Waals surface area contributed by atoms with E-state index in [4.69, 9.17) is 5.11 Å². The average Bonchev–Trinajstić information content (AvgIpc) is 2.87. The zero-order chi connectivity index (χ0) is 15.4. The van der Waals surface area contributed by atoms with Crippen molar-refractivity contribution in [3.8, 4) is 5.75 Å². The summed E-state index contributed by atoms with van der Waals surface area (Å²) in [6.45, 7) is 2.32. The molecule has 21 heavy (non-hydrogen) atoms. The molecule has 0 saturated heterocycles. The number of amides is 1. The van der Waals surface area contributed by atoms with E-state index >= 15 is 0 Å². The van der Waals surface area contributed by atoms with Gasteiger partial charge >= 0.3 is 5.97 Å². The number of rotatable bonds is 5. The highest BCUT2D eigenvalue weighted by Gasteiger charge is 2.11. The maximum absolute atomic E-state index is 11.9. The van der Waals surface area contributed by atoms with Crippen LogP contribution in [0.4, 0.5) is 0 Å². The Morgan fingerprint density at radius 3 is 2.76 bits per heavy atom. The van der Waals surface area contributed by atoms with Gasteiger partial charge in [0, 0.05) is 6.54 Å². The van der Waals surface area contributed by atoms with E-state index in [0.29, 0.717) is 0 Å². The molecule has 0 spiro atoms. The molecule has 8 heteroatoms. The molecule has 2 aromatic rings. The fraction of sp³-hybridized carbons (Fsp3) is 0.231. The predicted molar refractivity (Wildman–Crippen MR) is 72.2 cm³/mol. The Kier molecular flexibility index (Phi) is 4.17. The fourth-order valence-electron chi connectivity index (χ4n) is 1.72. The minimum Gasteiger partial charge on any atom is -0.507 e. The first-order valence-corrected chi connectivity index (χ1v) is 6.18. The Morgan fingerprint density at radius 2 is 2.14 bits per heavy atom. The summed E-state index contributed by atoms with van der Waals surface area (Å²) >= 11 is 0. The summed E-state index contributed by atoms with van der Waals surface area (Å²) in [4.78, 5) is 22.5. The molecule has 0 bridgehead atoms. The second kappa shape index (κ2) is 6.04. The van der Waals surface area contributed by atoms with E-state index in [1.165, 1.54) is 23.0 Å². The molecule has 1 aromatic heterocycles. The number of carbonyl (C=O) groups is 2. The first-order chi connectivity index (χ1) is 9.97. The monoisotopic (exact) mass is 290 g/mol. The summed E-state index contributed by atoms with van der Waals surface area (Å²) < 4.78 is 1.32. The largest absolute Gasteiger partial charge is 0.507 e. The molecule has 0 fully saturated rings. The molecule has 2 rings (SSSR count). The van der Waals surface area contributed by atoms with E-state index in [0.717, 1.165) is 5.56 Å². The van der Waals surface area contributed by atoms with E-state index in [-0.39, 0.29) is 30.1 Å². The van der Waals surface area contributed by atoms with E-state index < -0.39 is 11.9 Å². The van der Waals surface area contributed by atoms with Gasteiger partial charge in [0.15, 0.2) is 5.69 Å². The summed E-state index contributed by atoms with van der Waals surface area (Å²) in [6, 6.07) is 4.77. The van der Waals surface area contributed by atoms with Crippen LogP contribution in [0, 0.1) is 6.92 Å². The van der Waals surface area contributed by atoms with Crippen LogP contribution in [-0.4, -0.2) is 43.6 Å². The van der Waals surface area contributed by atoms with E-state index in [1.807, 2.05) is 6.92 Å². The van der Waals surface area contributed by atoms with E-state index in [1.54, 1.807) is 6.07 Å². The van der Waals surface area contributed by atoms with Gasteiger partial charge in [-0.3, -0.25) is 4.79 Å². The molecule has 0 saturated carbocycles. The molecule has 0 aliphatic rings. The van der Waals surface area contributed by atoms with Gasteiger partial charge < -0.3 is 15.5 Å². The summed E-state index contributed by atoms with van der Waals surface area (Å²) in [6.07, 6.45) is 1.28. The Bertz CT molecular complexity index is 681. The molecule has 1 amide bonds. The molecule has 0 atom stereocenters. The van der Waals surface area contributed by atoms with Gasteiger partial charge in [0.05, 0.1) is 18.3 Å². The molecule has 0 radical (unpaired) electrons. The lowest BCUT2D eigenvalue weighted by Gasteiger charge is -2.07. The van der Waals surface area contributed by atoms with Crippen LogP contribution in [0.1, 0.15) is 26.4 Å². The highest BCUT2D eigenvalue weighted by atomic mass is 16.4. The molecule has 3 N–H and O–H groups in total. The van der Waals surface area contributed by atoms with Crippen LogP contribution in [0.25, 0.3) is 0 Å². The number of phenols is 1. The zero-order valence-corrected chi connectivity index (χ0v) is 11.3. The lowest BCUT2D eigenvalue weighted by molar-refractivity contribution is 0.0690. The number of hydrogen-bond donors (Lipinski definition) is 3. The lowest BCUT2D eigenvalue weighted by Crippen LogP contribution is -2.27. The number of carbonyl (C=O) groups excluding carboxylic acids is 1. The van der Waals surface area contributed by atoms with Crippen LogP contribution < -0.4 is 5.32 Å². The maximum atomic E-state index is 11.9. The average molecular weight is 290 g/mol. The van der Waals surface area contributed by atoms with Crippen LogP contribution in [0.5, 0.6) is 5.75 Å². The van der Waals surface area contributed by atoms with Crippen molar-refractivity contribution in [3.63, 3.8) is 0 Å². The van der Waals surface area contributed by atoms with E-state index in [2.05, 4.69) is 15.6 Å². The maximum Gasteiger partial charge on any atom is 0.358 e. The van der Waals surface area contributed by atoms with Gasteiger partial charge in [-0.25, -0.2) is 9.48 Å². The van der Waals surface area contributed by atoms with Crippen LogP contribution in [0.2, 0.25) is 0 Å². The number of aromatic nitrogens is 3. The van der Waals surface area contributed by atoms with Gasteiger partial charge in [0.1, 0.15) is 5.75 Å². The number of nitrogens with one attached hydrogen (secondary N) is 1. The number of nitrogens with zero attached hydrogens (tertiary/aromatic N) is 3. The van der Waals surface area contributed by atoms with Crippen molar-refractivity contribution in [1.29, 1.82) is 0 Å². The number of hydrogen-bond acceptors (Lipinski definition) is 5.